The van der Waals surface area contributed by atoms with Crippen molar-refractivity contribution >= 4 is 34.1 Å². The van der Waals surface area contributed by atoms with Gasteiger partial charge >= 0.3 is 0 Å². The first kappa shape index (κ1) is 25.5. The molecule has 1 N–H and O–H groups in total. The highest BCUT2D eigenvalue weighted by molar-refractivity contribution is 8.14. The molecular weight excluding hydrogens is 470 g/mol. The molecule has 2 fully saturated rings. The zero-order valence-electron chi connectivity index (χ0n) is 21.8. The van der Waals surface area contributed by atoms with E-state index in [9.17, 15) is 19.5 Å². The molecule has 0 unspecified atom stereocenters. The maximum Gasteiger partial charge on any atom is 0.186 e. The number of Topliss-reactive ketones (excluding diaryl/α,β-unsaturated/α-hetero) is 1. The fraction of sp³-hybridized carbons (Fsp3) is 0.567. The third-order valence-electron chi connectivity index (χ3n) is 9.57. The van der Waals surface area contributed by atoms with Crippen molar-refractivity contribution in [2.75, 3.05) is 24.7 Å². The zero-order chi connectivity index (χ0) is 25.8. The topological polar surface area (TPSA) is 74.7 Å². The second kappa shape index (κ2) is 9.29. The largest absolute Gasteiger partial charge is 0.381 e. The average Bonchev–Trinajstić information content (AvgIpc) is 3.13. The lowest BCUT2D eigenvalue weighted by molar-refractivity contribution is -0.152. The Balaban J connectivity index is 1.61. The molecule has 1 aromatic rings. The van der Waals surface area contributed by atoms with Crippen LogP contribution in [0.2, 0.25) is 0 Å². The average molecular weight is 508 g/mol. The molecule has 5 atom stereocenters. The first-order valence-corrected chi connectivity index (χ1v) is 14.2. The number of nitrogens with zero attached hydrogens (tertiary/aromatic N) is 1. The van der Waals surface area contributed by atoms with Crippen LogP contribution >= 0.6 is 11.8 Å². The summed E-state index contributed by atoms with van der Waals surface area (Å²) in [6.07, 6.45) is 7.04. The molecule has 6 heteroatoms. The highest BCUT2D eigenvalue weighted by Crippen LogP contribution is 2.67. The Hall–Kier alpha value is -2.18. The molecule has 2 saturated carbocycles. The Morgan fingerprint density at radius 2 is 1.83 bits per heavy atom. The van der Waals surface area contributed by atoms with Crippen LogP contribution in [0.3, 0.4) is 0 Å². The Labute approximate surface area is 218 Å². The maximum absolute atomic E-state index is 13.4. The van der Waals surface area contributed by atoms with Gasteiger partial charge in [0.1, 0.15) is 5.60 Å². The number of rotatable bonds is 5. The van der Waals surface area contributed by atoms with E-state index in [4.69, 9.17) is 0 Å². The summed E-state index contributed by atoms with van der Waals surface area (Å²) in [7, 11) is 4.06. The highest BCUT2D eigenvalue weighted by atomic mass is 32.2. The summed E-state index contributed by atoms with van der Waals surface area (Å²) in [5.41, 5.74) is 4.39. The third-order valence-corrected chi connectivity index (χ3v) is 10.4. The van der Waals surface area contributed by atoms with Crippen LogP contribution < -0.4 is 4.90 Å². The lowest BCUT2D eigenvalue weighted by Gasteiger charge is -2.54. The van der Waals surface area contributed by atoms with E-state index in [0.29, 0.717) is 25.2 Å². The van der Waals surface area contributed by atoms with Gasteiger partial charge in [-0.1, -0.05) is 36.4 Å². The number of aliphatic hydroxyl groups is 1. The van der Waals surface area contributed by atoms with Crippen molar-refractivity contribution < 1.29 is 19.5 Å². The van der Waals surface area contributed by atoms with Crippen LogP contribution in [0.5, 0.6) is 0 Å². The van der Waals surface area contributed by atoms with Gasteiger partial charge in [0, 0.05) is 44.5 Å². The van der Waals surface area contributed by atoms with Crippen LogP contribution in [0.1, 0.15) is 70.3 Å². The van der Waals surface area contributed by atoms with Crippen LogP contribution in [0.15, 0.2) is 47.1 Å². The summed E-state index contributed by atoms with van der Waals surface area (Å²) in [6, 6.07) is 8.68. The lowest BCUT2D eigenvalue weighted by atomic mass is 9.51. The number of ketones is 2. The summed E-state index contributed by atoms with van der Waals surface area (Å²) in [5.74, 6) is 0.661. The molecular formula is C30H37NO4S. The van der Waals surface area contributed by atoms with Gasteiger partial charge in [-0.15, -0.1) is 0 Å². The normalized spacial score (nSPS) is 33.4. The molecule has 0 bridgehead atoms. The third kappa shape index (κ3) is 4.01. The number of hydrogen-bond donors (Lipinski definition) is 1. The molecule has 5 rings (SSSR count). The predicted molar refractivity (Wildman–Crippen MR) is 144 cm³/mol. The van der Waals surface area contributed by atoms with Crippen LogP contribution in [0, 0.1) is 17.3 Å². The molecule has 4 aliphatic carbocycles. The number of carbonyl (C=O) groups excluding carboxylic acids is 3. The van der Waals surface area contributed by atoms with Crippen molar-refractivity contribution in [1.29, 1.82) is 0 Å². The van der Waals surface area contributed by atoms with Crippen LogP contribution in [-0.4, -0.2) is 47.2 Å². The van der Waals surface area contributed by atoms with Crippen molar-refractivity contribution in [3.05, 3.63) is 52.6 Å². The van der Waals surface area contributed by atoms with E-state index in [1.165, 1.54) is 29.2 Å². The SMILES string of the molecule is CC(=O)SCC(=O)[C@@]1(O)CC[C@H]2[C@@H]3CCC4=CC(=O)CCC4=C3[C@@H](c3ccc(N(C)C)cc3)C[C@@]21C. The van der Waals surface area contributed by atoms with Gasteiger partial charge < -0.3 is 10.0 Å². The van der Waals surface area contributed by atoms with Crippen LogP contribution in [0.4, 0.5) is 5.69 Å². The van der Waals surface area contributed by atoms with E-state index in [1.54, 1.807) is 0 Å². The number of fused-ring (bicyclic) bond motifs is 4. The van der Waals surface area contributed by atoms with Gasteiger partial charge in [-0.2, -0.15) is 0 Å². The van der Waals surface area contributed by atoms with Crippen LogP contribution in [0.25, 0.3) is 0 Å². The fourth-order valence-electron chi connectivity index (χ4n) is 7.71. The number of carbonyl (C=O) groups is 3. The van der Waals surface area contributed by atoms with Crippen molar-refractivity contribution in [3.63, 3.8) is 0 Å². The van der Waals surface area contributed by atoms with Crippen molar-refractivity contribution in [1.82, 2.24) is 0 Å². The van der Waals surface area contributed by atoms with Gasteiger partial charge in [-0.05, 0) is 85.3 Å². The smallest absolute Gasteiger partial charge is 0.186 e. The Morgan fingerprint density at radius 1 is 1.11 bits per heavy atom. The van der Waals surface area contributed by atoms with Gasteiger partial charge in [0.25, 0.3) is 0 Å². The second-order valence-corrected chi connectivity index (χ2v) is 12.7. The Morgan fingerprint density at radius 3 is 2.50 bits per heavy atom. The van der Waals surface area contributed by atoms with Crippen molar-refractivity contribution in [2.45, 2.75) is 70.3 Å². The number of hydrogen-bond acceptors (Lipinski definition) is 6. The second-order valence-electron chi connectivity index (χ2n) is 11.6. The van der Waals surface area contributed by atoms with Crippen molar-refractivity contribution in [3.8, 4) is 0 Å². The number of allylic oxidation sites excluding steroid dienone is 4. The molecule has 192 valence electrons. The molecule has 0 spiro atoms. The van der Waals surface area contributed by atoms with E-state index in [0.717, 1.165) is 43.1 Å². The Kier molecular flexibility index (Phi) is 6.57. The summed E-state index contributed by atoms with van der Waals surface area (Å²) in [6.45, 7) is 3.59. The standard InChI is InChI=1S/C30H37NO4S/c1-18(32)36-17-27(34)30(35)14-13-26-24-11-7-20-15-22(33)10-12-23(20)28(24)25(16-29(26,30)2)19-5-8-21(9-6-19)31(3)4/h5-6,8-9,15,24-26,35H,7,10-14,16-17H2,1-4H3/t24-,25+,26-,29-,30-/m0/s1. The fourth-order valence-corrected chi connectivity index (χ4v) is 8.29. The van der Waals surface area contributed by atoms with Gasteiger partial charge in [-0.25, -0.2) is 0 Å². The Bertz CT molecular complexity index is 1170. The maximum atomic E-state index is 13.4. The molecule has 0 aromatic heterocycles. The van der Waals surface area contributed by atoms with E-state index in [2.05, 4.69) is 36.1 Å². The lowest BCUT2D eigenvalue weighted by Crippen LogP contribution is -2.56. The summed E-state index contributed by atoms with van der Waals surface area (Å²) < 4.78 is 0. The molecule has 0 amide bonds. The summed E-state index contributed by atoms with van der Waals surface area (Å²) in [4.78, 5) is 39.3. The molecule has 4 aliphatic rings. The molecule has 36 heavy (non-hydrogen) atoms. The minimum atomic E-state index is -1.42. The van der Waals surface area contributed by atoms with E-state index >= 15 is 0 Å². The quantitative estimate of drug-likeness (QED) is 0.588. The van der Waals surface area contributed by atoms with Gasteiger partial charge in [0.15, 0.2) is 16.7 Å². The van der Waals surface area contributed by atoms with Gasteiger partial charge in [0.2, 0.25) is 0 Å². The van der Waals surface area contributed by atoms with Crippen molar-refractivity contribution in [2.24, 2.45) is 17.3 Å². The molecule has 5 nitrogen and oxygen atoms in total. The number of thioether (sulfide) groups is 1. The monoisotopic (exact) mass is 507 g/mol. The summed E-state index contributed by atoms with van der Waals surface area (Å²) >= 11 is 1.00. The molecule has 0 heterocycles. The number of benzene rings is 1. The molecule has 0 radical (unpaired) electrons. The number of anilines is 1. The predicted octanol–water partition coefficient (Wildman–Crippen LogP) is 5.23. The van der Waals surface area contributed by atoms with E-state index in [-0.39, 0.29) is 34.3 Å². The first-order chi connectivity index (χ1) is 17.0. The first-order valence-electron chi connectivity index (χ1n) is 13.2. The van der Waals surface area contributed by atoms with Gasteiger partial charge in [-0.3, -0.25) is 14.4 Å². The summed E-state index contributed by atoms with van der Waals surface area (Å²) in [5, 5.41) is 11.9. The zero-order valence-corrected chi connectivity index (χ0v) is 22.6. The molecule has 1 aromatic carbocycles. The minimum Gasteiger partial charge on any atom is -0.381 e. The highest BCUT2D eigenvalue weighted by Gasteiger charge is 2.65. The molecule has 0 saturated heterocycles. The van der Waals surface area contributed by atoms with Gasteiger partial charge in [0.05, 0.1) is 5.75 Å². The van der Waals surface area contributed by atoms with E-state index < -0.39 is 11.0 Å². The minimum absolute atomic E-state index is 0.0317. The van der Waals surface area contributed by atoms with Crippen LogP contribution in [-0.2, 0) is 14.4 Å². The van der Waals surface area contributed by atoms with E-state index in [1.807, 2.05) is 20.2 Å². The molecule has 0 aliphatic heterocycles.